The molecule has 0 aliphatic carbocycles. The second kappa shape index (κ2) is 6.25. The van der Waals surface area contributed by atoms with Gasteiger partial charge in [-0.2, -0.15) is 0 Å². The fourth-order valence-corrected chi connectivity index (χ4v) is 1.78. The van der Waals surface area contributed by atoms with Gasteiger partial charge >= 0.3 is 0 Å². The zero-order chi connectivity index (χ0) is 14.5. The number of carbonyl (C=O) groups excluding carboxylic acids is 1. The molecule has 2 aromatic rings. The number of benzene rings is 1. The van der Waals surface area contributed by atoms with Crippen LogP contribution in [0.2, 0.25) is 0 Å². The summed E-state index contributed by atoms with van der Waals surface area (Å²) >= 11 is 0. The molecule has 0 spiro atoms. The van der Waals surface area contributed by atoms with Gasteiger partial charge < -0.3 is 19.7 Å². The average Bonchev–Trinajstić information content (AvgIpc) is 2.93. The summed E-state index contributed by atoms with van der Waals surface area (Å²) in [5, 5.41) is 12.1. The Morgan fingerprint density at radius 1 is 1.15 bits per heavy atom. The Morgan fingerprint density at radius 3 is 2.35 bits per heavy atom. The van der Waals surface area contributed by atoms with E-state index in [0.29, 0.717) is 17.9 Å². The number of amides is 1. The van der Waals surface area contributed by atoms with Gasteiger partial charge in [-0.15, -0.1) is 0 Å². The lowest BCUT2D eigenvalue weighted by atomic mass is 10.2. The highest BCUT2D eigenvalue weighted by Crippen LogP contribution is 2.14. The lowest BCUT2D eigenvalue weighted by Crippen LogP contribution is -2.21. The Hall–Kier alpha value is -2.27. The molecule has 0 aliphatic heterocycles. The summed E-state index contributed by atoms with van der Waals surface area (Å²) in [4.78, 5) is 13.3. The lowest BCUT2D eigenvalue weighted by molar-refractivity contribution is 0.0827. The third kappa shape index (κ3) is 3.39. The predicted molar refractivity (Wildman–Crippen MR) is 76.4 cm³/mol. The molecule has 1 amide bonds. The van der Waals surface area contributed by atoms with Crippen LogP contribution in [0.4, 0.5) is 5.69 Å². The molecule has 1 aromatic carbocycles. The maximum Gasteiger partial charge on any atom is 0.253 e. The Kier molecular flexibility index (Phi) is 4.42. The maximum atomic E-state index is 11.7. The number of carbonyl (C=O) groups is 1. The van der Waals surface area contributed by atoms with E-state index in [4.69, 9.17) is 9.52 Å². The number of nitrogens with zero attached hydrogens (tertiary/aromatic N) is 1. The number of hydrogen-bond acceptors (Lipinski definition) is 4. The lowest BCUT2D eigenvalue weighted by Gasteiger charge is -2.11. The fourth-order valence-electron chi connectivity index (χ4n) is 1.78. The number of nitrogens with one attached hydrogen (secondary N) is 1. The number of hydrogen-bond donors (Lipinski definition) is 2. The third-order valence-corrected chi connectivity index (χ3v) is 2.88. The highest BCUT2D eigenvalue weighted by Gasteiger charge is 2.07. The zero-order valence-electron chi connectivity index (χ0n) is 11.6. The fraction of sp³-hybridized carbons (Fsp3) is 0.267. The van der Waals surface area contributed by atoms with Crippen molar-refractivity contribution in [2.75, 3.05) is 19.4 Å². The van der Waals surface area contributed by atoms with Crippen LogP contribution in [0.3, 0.4) is 0 Å². The van der Waals surface area contributed by atoms with Crippen molar-refractivity contribution in [1.29, 1.82) is 0 Å². The summed E-state index contributed by atoms with van der Waals surface area (Å²) in [7, 11) is 3.45. The van der Waals surface area contributed by atoms with Crippen molar-refractivity contribution in [3.8, 4) is 0 Å². The molecule has 0 saturated heterocycles. The molecule has 0 saturated carbocycles. The number of furan rings is 1. The highest BCUT2D eigenvalue weighted by molar-refractivity contribution is 5.94. The van der Waals surface area contributed by atoms with E-state index >= 15 is 0 Å². The second-order valence-corrected chi connectivity index (χ2v) is 4.66. The Labute approximate surface area is 117 Å². The van der Waals surface area contributed by atoms with Gasteiger partial charge in [-0.05, 0) is 36.4 Å². The van der Waals surface area contributed by atoms with Crippen molar-refractivity contribution in [3.05, 3.63) is 53.5 Å². The third-order valence-electron chi connectivity index (χ3n) is 2.88. The van der Waals surface area contributed by atoms with Crippen LogP contribution in [0.15, 0.2) is 40.8 Å². The average molecular weight is 274 g/mol. The topological polar surface area (TPSA) is 65.7 Å². The molecule has 0 radical (unpaired) electrons. The minimum absolute atomic E-state index is 0.0184. The van der Waals surface area contributed by atoms with Crippen molar-refractivity contribution in [2.24, 2.45) is 0 Å². The molecule has 0 bridgehead atoms. The normalized spacial score (nSPS) is 10.3. The number of anilines is 1. The molecule has 106 valence electrons. The molecule has 1 heterocycles. The molecular weight excluding hydrogens is 256 g/mol. The van der Waals surface area contributed by atoms with Gasteiger partial charge in [0.2, 0.25) is 0 Å². The molecule has 20 heavy (non-hydrogen) atoms. The molecule has 0 unspecified atom stereocenters. The first-order valence-electron chi connectivity index (χ1n) is 6.34. The first-order chi connectivity index (χ1) is 9.60. The van der Waals surface area contributed by atoms with E-state index in [-0.39, 0.29) is 12.5 Å². The predicted octanol–water partition coefficient (Wildman–Crippen LogP) is 2.09. The van der Waals surface area contributed by atoms with Gasteiger partial charge in [0.05, 0.1) is 6.54 Å². The zero-order valence-corrected chi connectivity index (χ0v) is 11.6. The van der Waals surface area contributed by atoms with Crippen LogP contribution in [0.1, 0.15) is 21.9 Å². The van der Waals surface area contributed by atoms with E-state index in [9.17, 15) is 4.79 Å². The van der Waals surface area contributed by atoms with Crippen LogP contribution < -0.4 is 5.32 Å². The summed E-state index contributed by atoms with van der Waals surface area (Å²) in [6.07, 6.45) is 0. The van der Waals surface area contributed by atoms with Gasteiger partial charge in [-0.3, -0.25) is 4.79 Å². The van der Waals surface area contributed by atoms with Crippen molar-refractivity contribution in [3.63, 3.8) is 0 Å². The monoisotopic (exact) mass is 274 g/mol. The van der Waals surface area contributed by atoms with Crippen molar-refractivity contribution in [2.45, 2.75) is 13.2 Å². The molecule has 2 rings (SSSR count). The summed E-state index contributed by atoms with van der Waals surface area (Å²) in [5.74, 6) is 1.28. The Morgan fingerprint density at radius 2 is 1.80 bits per heavy atom. The molecular formula is C15H18N2O3. The van der Waals surface area contributed by atoms with Crippen molar-refractivity contribution >= 4 is 11.6 Å². The van der Waals surface area contributed by atoms with Crippen molar-refractivity contribution in [1.82, 2.24) is 4.90 Å². The molecule has 0 atom stereocenters. The Bertz CT molecular complexity index is 573. The van der Waals surface area contributed by atoms with E-state index < -0.39 is 0 Å². The number of aliphatic hydroxyl groups excluding tert-OH is 1. The molecule has 2 N–H and O–H groups in total. The largest absolute Gasteiger partial charge is 0.462 e. The minimum Gasteiger partial charge on any atom is -0.462 e. The van der Waals surface area contributed by atoms with Crippen LogP contribution in [-0.2, 0) is 13.2 Å². The summed E-state index contributed by atoms with van der Waals surface area (Å²) in [5.41, 5.74) is 1.56. The van der Waals surface area contributed by atoms with Gasteiger partial charge in [-0.25, -0.2) is 0 Å². The quantitative estimate of drug-likeness (QED) is 0.876. The summed E-state index contributed by atoms with van der Waals surface area (Å²) in [6, 6.07) is 10.8. The van der Waals surface area contributed by atoms with Crippen LogP contribution in [-0.4, -0.2) is 30.0 Å². The summed E-state index contributed by atoms with van der Waals surface area (Å²) < 4.78 is 5.37. The second-order valence-electron chi connectivity index (χ2n) is 4.66. The minimum atomic E-state index is -0.0959. The highest BCUT2D eigenvalue weighted by atomic mass is 16.4. The smallest absolute Gasteiger partial charge is 0.253 e. The van der Waals surface area contributed by atoms with Crippen LogP contribution in [0, 0.1) is 0 Å². The summed E-state index contributed by atoms with van der Waals surface area (Å²) in [6.45, 7) is 0.433. The van der Waals surface area contributed by atoms with Crippen LogP contribution >= 0.6 is 0 Å². The van der Waals surface area contributed by atoms with E-state index in [0.717, 1.165) is 11.4 Å². The molecule has 0 fully saturated rings. The molecule has 1 aromatic heterocycles. The molecule has 5 heteroatoms. The van der Waals surface area contributed by atoms with Crippen LogP contribution in [0.25, 0.3) is 0 Å². The van der Waals surface area contributed by atoms with Gasteiger partial charge in [0, 0.05) is 25.3 Å². The number of rotatable bonds is 5. The van der Waals surface area contributed by atoms with Gasteiger partial charge in [0.1, 0.15) is 18.1 Å². The first kappa shape index (κ1) is 14.1. The van der Waals surface area contributed by atoms with E-state index in [1.165, 1.54) is 0 Å². The van der Waals surface area contributed by atoms with Gasteiger partial charge in [0.25, 0.3) is 5.91 Å². The van der Waals surface area contributed by atoms with Crippen LogP contribution in [0.5, 0.6) is 0 Å². The van der Waals surface area contributed by atoms with Gasteiger partial charge in [-0.1, -0.05) is 0 Å². The van der Waals surface area contributed by atoms with Gasteiger partial charge in [0.15, 0.2) is 0 Å². The van der Waals surface area contributed by atoms with E-state index in [1.807, 2.05) is 18.2 Å². The maximum absolute atomic E-state index is 11.7. The molecule has 0 aliphatic rings. The molecule has 5 nitrogen and oxygen atoms in total. The first-order valence-corrected chi connectivity index (χ1v) is 6.34. The SMILES string of the molecule is CN(C)C(=O)c1ccc(NCc2ccc(CO)o2)cc1. The number of aliphatic hydroxyl groups is 1. The van der Waals surface area contributed by atoms with Crippen molar-refractivity contribution < 1.29 is 14.3 Å². The van der Waals surface area contributed by atoms with E-state index in [2.05, 4.69) is 5.32 Å². The standard InChI is InChI=1S/C15H18N2O3/c1-17(2)15(19)11-3-5-12(6-4-11)16-9-13-7-8-14(10-18)20-13/h3-8,16,18H,9-10H2,1-2H3. The van der Waals surface area contributed by atoms with E-state index in [1.54, 1.807) is 37.2 Å². The Balaban J connectivity index is 1.95.